The first-order chi connectivity index (χ1) is 10.8. The van der Waals surface area contributed by atoms with E-state index >= 15 is 0 Å². The first kappa shape index (κ1) is 22.1. The van der Waals surface area contributed by atoms with Crippen molar-refractivity contribution in [2.45, 2.75) is 31.8 Å². The number of hydrogen-bond acceptors (Lipinski definition) is 7. The van der Waals surface area contributed by atoms with Crippen LogP contribution in [0.5, 0.6) is 0 Å². The van der Waals surface area contributed by atoms with Crippen molar-refractivity contribution in [1.82, 2.24) is 21.3 Å². The Balaban J connectivity index is 3.05. The molecule has 0 rings (SSSR count). The third-order valence-corrected chi connectivity index (χ3v) is 3.49. The Morgan fingerprint density at radius 2 is 1.23 bits per heavy atom. The number of nitrogens with two attached hydrogens (primary N) is 1. The summed E-state index contributed by atoms with van der Waals surface area (Å²) in [5, 5.41) is 22.9. The summed E-state index contributed by atoms with van der Waals surface area (Å²) in [5.41, 5.74) is 5.43. The first-order valence-corrected chi connectivity index (χ1v) is 9.26. The third kappa shape index (κ3) is 18.2. The number of thiol groups is 1. The van der Waals surface area contributed by atoms with E-state index in [0.29, 0.717) is 13.1 Å². The van der Waals surface area contributed by atoms with Gasteiger partial charge in [-0.15, -0.1) is 0 Å². The summed E-state index contributed by atoms with van der Waals surface area (Å²) in [7, 11) is 0. The van der Waals surface area contributed by atoms with Gasteiger partial charge in [0.15, 0.2) is 0 Å². The van der Waals surface area contributed by atoms with Crippen LogP contribution in [0.4, 0.5) is 0 Å². The van der Waals surface area contributed by atoms with Gasteiger partial charge in [0.05, 0.1) is 6.10 Å². The van der Waals surface area contributed by atoms with Crippen molar-refractivity contribution >= 4 is 12.6 Å². The quantitative estimate of drug-likeness (QED) is 0.130. The zero-order valence-electron chi connectivity index (χ0n) is 13.9. The van der Waals surface area contributed by atoms with Crippen molar-refractivity contribution in [3.05, 3.63) is 0 Å². The van der Waals surface area contributed by atoms with Gasteiger partial charge in [0, 0.05) is 25.4 Å². The molecule has 134 valence electrons. The second kappa shape index (κ2) is 19.2. The predicted molar refractivity (Wildman–Crippen MR) is 98.9 cm³/mol. The van der Waals surface area contributed by atoms with Crippen molar-refractivity contribution < 1.29 is 5.11 Å². The molecule has 1 atom stereocenters. The van der Waals surface area contributed by atoms with Gasteiger partial charge in [-0.05, 0) is 65.0 Å². The lowest BCUT2D eigenvalue weighted by molar-refractivity contribution is 0.169. The smallest absolute Gasteiger partial charge is 0.0788 e. The summed E-state index contributed by atoms with van der Waals surface area (Å²) in [6.07, 6.45) is 4.25. The fourth-order valence-electron chi connectivity index (χ4n) is 2.00. The largest absolute Gasteiger partial charge is 0.390 e. The van der Waals surface area contributed by atoms with Gasteiger partial charge in [0.1, 0.15) is 0 Å². The highest BCUT2D eigenvalue weighted by molar-refractivity contribution is 7.80. The van der Waals surface area contributed by atoms with E-state index in [2.05, 4.69) is 33.9 Å². The van der Waals surface area contributed by atoms with E-state index < -0.39 is 0 Å². The van der Waals surface area contributed by atoms with Crippen LogP contribution in [0.3, 0.4) is 0 Å². The van der Waals surface area contributed by atoms with Crippen LogP contribution in [0.15, 0.2) is 0 Å². The lowest BCUT2D eigenvalue weighted by Gasteiger charge is -2.12. The summed E-state index contributed by atoms with van der Waals surface area (Å²) in [4.78, 5) is 0. The van der Waals surface area contributed by atoms with Crippen molar-refractivity contribution in [2.24, 2.45) is 5.73 Å². The van der Waals surface area contributed by atoms with Gasteiger partial charge in [-0.1, -0.05) is 0 Å². The molecule has 0 heterocycles. The number of rotatable bonds is 18. The molecule has 0 radical (unpaired) electrons. The Bertz CT molecular complexity index is 212. The summed E-state index contributed by atoms with van der Waals surface area (Å²) < 4.78 is 0. The fourth-order valence-corrected chi connectivity index (χ4v) is 2.16. The molecule has 0 aromatic rings. The lowest BCUT2D eigenvalue weighted by atomic mass is 10.3. The summed E-state index contributed by atoms with van der Waals surface area (Å²) in [6, 6.07) is 0. The van der Waals surface area contributed by atoms with Gasteiger partial charge in [0.25, 0.3) is 0 Å². The van der Waals surface area contributed by atoms with E-state index in [9.17, 15) is 5.11 Å². The molecule has 7 N–H and O–H groups in total. The first-order valence-electron chi connectivity index (χ1n) is 8.63. The van der Waals surface area contributed by atoms with Crippen molar-refractivity contribution in [2.75, 3.05) is 64.7 Å². The molecule has 22 heavy (non-hydrogen) atoms. The average molecular weight is 336 g/mol. The SMILES string of the molecule is NCCCNCCCCNCCCNCC(O)CNCCS. The van der Waals surface area contributed by atoms with Crippen LogP contribution >= 0.6 is 12.6 Å². The van der Waals surface area contributed by atoms with Crippen molar-refractivity contribution in [1.29, 1.82) is 0 Å². The molecule has 6 nitrogen and oxygen atoms in total. The zero-order valence-corrected chi connectivity index (χ0v) is 14.8. The Hall–Kier alpha value is 0.110. The van der Waals surface area contributed by atoms with Gasteiger partial charge < -0.3 is 32.1 Å². The molecule has 0 fully saturated rings. The van der Waals surface area contributed by atoms with Crippen LogP contribution in [0.2, 0.25) is 0 Å². The van der Waals surface area contributed by atoms with E-state index in [1.165, 1.54) is 12.8 Å². The maximum atomic E-state index is 9.67. The van der Waals surface area contributed by atoms with Gasteiger partial charge in [-0.25, -0.2) is 0 Å². The molecule has 0 saturated heterocycles. The van der Waals surface area contributed by atoms with Crippen LogP contribution < -0.4 is 27.0 Å². The Labute approximate surface area is 141 Å². The third-order valence-electron chi connectivity index (χ3n) is 3.27. The second-order valence-electron chi connectivity index (χ2n) is 5.49. The molecule has 0 spiro atoms. The van der Waals surface area contributed by atoms with Gasteiger partial charge in [-0.2, -0.15) is 12.6 Å². The van der Waals surface area contributed by atoms with E-state index in [1.54, 1.807) is 0 Å². The average Bonchev–Trinajstić information content (AvgIpc) is 2.52. The molecule has 0 aromatic heterocycles. The molecule has 0 aliphatic rings. The van der Waals surface area contributed by atoms with Crippen molar-refractivity contribution in [3.63, 3.8) is 0 Å². The van der Waals surface area contributed by atoms with E-state index in [-0.39, 0.29) is 6.10 Å². The van der Waals surface area contributed by atoms with Crippen LogP contribution in [-0.2, 0) is 0 Å². The highest BCUT2D eigenvalue weighted by Gasteiger charge is 2.01. The molecular weight excluding hydrogens is 298 g/mol. The molecule has 0 aromatic carbocycles. The lowest BCUT2D eigenvalue weighted by Crippen LogP contribution is -2.37. The summed E-state index contributed by atoms with van der Waals surface area (Å²) >= 11 is 4.11. The van der Waals surface area contributed by atoms with Crippen molar-refractivity contribution in [3.8, 4) is 0 Å². The van der Waals surface area contributed by atoms with E-state index in [4.69, 9.17) is 5.73 Å². The standard InChI is InChI=1S/C15H37N5OS/c16-5-3-8-17-6-1-2-7-18-9-4-10-19-13-15(21)14-20-11-12-22/h15,17-22H,1-14,16H2. The minimum atomic E-state index is -0.320. The maximum Gasteiger partial charge on any atom is 0.0788 e. The summed E-state index contributed by atoms with van der Waals surface area (Å²) in [5.74, 6) is 0.801. The molecule has 7 heteroatoms. The molecule has 0 saturated carbocycles. The highest BCUT2D eigenvalue weighted by Crippen LogP contribution is 1.86. The second-order valence-corrected chi connectivity index (χ2v) is 5.94. The van der Waals surface area contributed by atoms with Crippen LogP contribution in [0.1, 0.15) is 25.7 Å². The Morgan fingerprint density at radius 1 is 0.727 bits per heavy atom. The number of unbranched alkanes of at least 4 members (excludes halogenated alkanes) is 1. The normalized spacial score (nSPS) is 12.7. The van der Waals surface area contributed by atoms with E-state index in [1.807, 2.05) is 0 Å². The van der Waals surface area contributed by atoms with Gasteiger partial charge >= 0.3 is 0 Å². The predicted octanol–water partition coefficient (Wildman–Crippen LogP) is -0.845. The Morgan fingerprint density at radius 3 is 1.82 bits per heavy atom. The highest BCUT2D eigenvalue weighted by atomic mass is 32.1. The Kier molecular flexibility index (Phi) is 19.3. The monoisotopic (exact) mass is 335 g/mol. The molecule has 0 aliphatic heterocycles. The van der Waals surface area contributed by atoms with Crippen LogP contribution in [-0.4, -0.2) is 75.9 Å². The minimum Gasteiger partial charge on any atom is -0.390 e. The number of hydrogen-bond donors (Lipinski definition) is 7. The number of aliphatic hydroxyl groups is 1. The molecule has 0 bridgehead atoms. The molecule has 0 amide bonds. The van der Waals surface area contributed by atoms with Gasteiger partial charge in [0.2, 0.25) is 0 Å². The number of nitrogens with one attached hydrogen (secondary N) is 4. The minimum absolute atomic E-state index is 0.320. The fraction of sp³-hybridized carbons (Fsp3) is 1.00. The van der Waals surface area contributed by atoms with E-state index in [0.717, 1.165) is 64.4 Å². The van der Waals surface area contributed by atoms with Gasteiger partial charge in [-0.3, -0.25) is 0 Å². The van der Waals surface area contributed by atoms with Crippen LogP contribution in [0.25, 0.3) is 0 Å². The maximum absolute atomic E-state index is 9.67. The molecule has 1 unspecified atom stereocenters. The zero-order chi connectivity index (χ0) is 16.3. The number of aliphatic hydroxyl groups excluding tert-OH is 1. The summed E-state index contributed by atoms with van der Waals surface area (Å²) in [6.45, 7) is 8.05. The topological polar surface area (TPSA) is 94.4 Å². The van der Waals surface area contributed by atoms with Crippen LogP contribution in [0, 0.1) is 0 Å². The molecule has 0 aliphatic carbocycles. The molecular formula is C15H37N5OS.